The van der Waals surface area contributed by atoms with Crippen LogP contribution < -0.4 is 5.32 Å². The predicted molar refractivity (Wildman–Crippen MR) is 76.3 cm³/mol. The minimum Gasteiger partial charge on any atom is -0.466 e. The second-order valence-corrected chi connectivity index (χ2v) is 5.23. The fourth-order valence-electron chi connectivity index (χ4n) is 2.23. The molecule has 118 valence electrons. The number of methoxy groups -OCH3 is 1. The van der Waals surface area contributed by atoms with Crippen LogP contribution in [0.15, 0.2) is 12.2 Å². The first-order chi connectivity index (χ1) is 10.0. The van der Waals surface area contributed by atoms with Gasteiger partial charge in [0.1, 0.15) is 6.61 Å². The summed E-state index contributed by atoms with van der Waals surface area (Å²) in [5, 5.41) is 2.85. The van der Waals surface area contributed by atoms with E-state index < -0.39 is 11.9 Å². The fraction of sp³-hybridized carbons (Fsp3) is 0.667. The normalized spacial score (nSPS) is 17.2. The maximum Gasteiger partial charge on any atom is 0.331 e. The van der Waals surface area contributed by atoms with Gasteiger partial charge >= 0.3 is 11.9 Å². The summed E-state index contributed by atoms with van der Waals surface area (Å²) in [5.41, 5.74) is 0. The van der Waals surface area contributed by atoms with Crippen molar-refractivity contribution in [3.8, 4) is 0 Å². The molecule has 0 aromatic rings. The molecule has 0 saturated heterocycles. The van der Waals surface area contributed by atoms with Crippen LogP contribution in [-0.4, -0.2) is 37.6 Å². The molecule has 0 aromatic carbocycles. The van der Waals surface area contributed by atoms with Gasteiger partial charge in [0.2, 0.25) is 5.91 Å². The monoisotopic (exact) mass is 297 g/mol. The van der Waals surface area contributed by atoms with Crippen molar-refractivity contribution in [3.63, 3.8) is 0 Å². The summed E-state index contributed by atoms with van der Waals surface area (Å²) in [7, 11) is 1.22. The Morgan fingerprint density at radius 3 is 2.38 bits per heavy atom. The average molecular weight is 297 g/mol. The standard InChI is InChI=1S/C15H23NO5/c1-11(10-21-14(18)9-8-13(17)20-2)16-15(19)12-6-4-3-5-7-12/h8-9,11-12H,3-7,10H2,1-2H3,(H,16,19)/b9-8+/t11-/m1/s1. The number of carbonyl (C=O) groups is 3. The number of hydrogen-bond donors (Lipinski definition) is 1. The second kappa shape index (κ2) is 9.15. The third kappa shape index (κ3) is 6.92. The van der Waals surface area contributed by atoms with Crippen molar-refractivity contribution < 1.29 is 23.9 Å². The van der Waals surface area contributed by atoms with Crippen LogP contribution in [0.2, 0.25) is 0 Å². The minimum atomic E-state index is -0.640. The van der Waals surface area contributed by atoms with Crippen molar-refractivity contribution in [1.29, 1.82) is 0 Å². The number of amides is 1. The van der Waals surface area contributed by atoms with Crippen LogP contribution in [0.4, 0.5) is 0 Å². The van der Waals surface area contributed by atoms with Gasteiger partial charge in [-0.25, -0.2) is 9.59 Å². The van der Waals surface area contributed by atoms with Crippen molar-refractivity contribution in [2.75, 3.05) is 13.7 Å². The lowest BCUT2D eigenvalue weighted by Gasteiger charge is -2.23. The Balaban J connectivity index is 2.25. The van der Waals surface area contributed by atoms with Gasteiger partial charge in [-0.3, -0.25) is 4.79 Å². The smallest absolute Gasteiger partial charge is 0.331 e. The van der Waals surface area contributed by atoms with Gasteiger partial charge in [0.05, 0.1) is 13.2 Å². The number of rotatable bonds is 6. The molecule has 1 atom stereocenters. The third-order valence-electron chi connectivity index (χ3n) is 3.40. The molecule has 1 amide bonds. The molecule has 6 nitrogen and oxygen atoms in total. The molecule has 1 N–H and O–H groups in total. The van der Waals surface area contributed by atoms with Crippen molar-refractivity contribution in [2.24, 2.45) is 5.92 Å². The summed E-state index contributed by atoms with van der Waals surface area (Å²) in [5.74, 6) is -1.15. The molecular formula is C15H23NO5. The van der Waals surface area contributed by atoms with Gasteiger partial charge < -0.3 is 14.8 Å². The van der Waals surface area contributed by atoms with E-state index in [9.17, 15) is 14.4 Å². The molecule has 0 spiro atoms. The van der Waals surface area contributed by atoms with E-state index in [-0.39, 0.29) is 24.5 Å². The molecule has 0 aromatic heterocycles. The highest BCUT2D eigenvalue weighted by Crippen LogP contribution is 2.23. The van der Waals surface area contributed by atoms with E-state index in [2.05, 4.69) is 10.1 Å². The van der Waals surface area contributed by atoms with Crippen molar-refractivity contribution in [3.05, 3.63) is 12.2 Å². The Morgan fingerprint density at radius 1 is 1.14 bits per heavy atom. The zero-order valence-corrected chi connectivity index (χ0v) is 12.6. The number of carbonyl (C=O) groups excluding carboxylic acids is 3. The number of nitrogens with one attached hydrogen (secondary N) is 1. The molecule has 0 aliphatic heterocycles. The van der Waals surface area contributed by atoms with Gasteiger partial charge in [0, 0.05) is 18.1 Å². The number of esters is 2. The quantitative estimate of drug-likeness (QED) is 0.591. The molecule has 0 bridgehead atoms. The van der Waals surface area contributed by atoms with Crippen LogP contribution >= 0.6 is 0 Å². The van der Waals surface area contributed by atoms with E-state index in [0.29, 0.717) is 0 Å². The summed E-state index contributed by atoms with van der Waals surface area (Å²) in [4.78, 5) is 34.1. The SMILES string of the molecule is COC(=O)/C=C/C(=O)OC[C@@H](C)NC(=O)C1CCCCC1. The Hall–Kier alpha value is -1.85. The van der Waals surface area contributed by atoms with Gasteiger partial charge in [-0.2, -0.15) is 0 Å². The van der Waals surface area contributed by atoms with E-state index >= 15 is 0 Å². The Morgan fingerprint density at radius 2 is 1.76 bits per heavy atom. The lowest BCUT2D eigenvalue weighted by Crippen LogP contribution is -2.40. The predicted octanol–water partition coefficient (Wildman–Crippen LogP) is 1.34. The summed E-state index contributed by atoms with van der Waals surface area (Å²) >= 11 is 0. The van der Waals surface area contributed by atoms with Crippen LogP contribution in [0.1, 0.15) is 39.0 Å². The molecule has 1 rings (SSSR count). The molecule has 1 aliphatic carbocycles. The number of ether oxygens (including phenoxy) is 2. The second-order valence-electron chi connectivity index (χ2n) is 5.23. The van der Waals surface area contributed by atoms with Crippen molar-refractivity contribution in [2.45, 2.75) is 45.1 Å². The summed E-state index contributed by atoms with van der Waals surface area (Å²) in [6.07, 6.45) is 7.25. The van der Waals surface area contributed by atoms with Gasteiger partial charge in [-0.05, 0) is 19.8 Å². The topological polar surface area (TPSA) is 81.7 Å². The molecule has 0 unspecified atom stereocenters. The van der Waals surface area contributed by atoms with E-state index in [1.807, 2.05) is 0 Å². The summed E-state index contributed by atoms with van der Waals surface area (Å²) in [6, 6.07) is -0.255. The van der Waals surface area contributed by atoms with Gasteiger partial charge in [0.25, 0.3) is 0 Å². The molecule has 1 aliphatic rings. The lowest BCUT2D eigenvalue weighted by atomic mass is 9.88. The Bertz CT molecular complexity index is 399. The molecule has 0 radical (unpaired) electrons. The van der Waals surface area contributed by atoms with Crippen LogP contribution in [0.5, 0.6) is 0 Å². The Labute approximate surface area is 124 Å². The minimum absolute atomic E-state index is 0.0309. The Kier molecular flexibility index (Phi) is 7.50. The van der Waals surface area contributed by atoms with Crippen LogP contribution in [0.25, 0.3) is 0 Å². The largest absolute Gasteiger partial charge is 0.466 e. The fourth-order valence-corrected chi connectivity index (χ4v) is 2.23. The van der Waals surface area contributed by atoms with Crippen molar-refractivity contribution in [1.82, 2.24) is 5.32 Å². The maximum absolute atomic E-state index is 12.0. The molecule has 21 heavy (non-hydrogen) atoms. The summed E-state index contributed by atoms with van der Waals surface area (Å²) in [6.45, 7) is 1.85. The van der Waals surface area contributed by atoms with Gasteiger partial charge in [-0.1, -0.05) is 19.3 Å². The highest BCUT2D eigenvalue weighted by Gasteiger charge is 2.22. The van der Waals surface area contributed by atoms with E-state index in [4.69, 9.17) is 4.74 Å². The summed E-state index contributed by atoms with van der Waals surface area (Å²) < 4.78 is 9.29. The maximum atomic E-state index is 12.0. The first-order valence-corrected chi connectivity index (χ1v) is 7.26. The van der Waals surface area contributed by atoms with Crippen molar-refractivity contribution >= 4 is 17.8 Å². The van der Waals surface area contributed by atoms with E-state index in [1.165, 1.54) is 13.5 Å². The van der Waals surface area contributed by atoms with E-state index in [1.54, 1.807) is 6.92 Å². The lowest BCUT2D eigenvalue weighted by molar-refractivity contribution is -0.140. The first-order valence-electron chi connectivity index (χ1n) is 7.26. The van der Waals surface area contributed by atoms with Gasteiger partial charge in [0.15, 0.2) is 0 Å². The molecule has 6 heteroatoms. The molecular weight excluding hydrogens is 274 g/mol. The van der Waals surface area contributed by atoms with Gasteiger partial charge in [-0.15, -0.1) is 0 Å². The number of hydrogen-bond acceptors (Lipinski definition) is 5. The zero-order chi connectivity index (χ0) is 15.7. The van der Waals surface area contributed by atoms with Crippen LogP contribution in [0.3, 0.4) is 0 Å². The molecule has 1 saturated carbocycles. The average Bonchev–Trinajstić information content (AvgIpc) is 2.51. The zero-order valence-electron chi connectivity index (χ0n) is 12.6. The molecule has 1 fully saturated rings. The highest BCUT2D eigenvalue weighted by molar-refractivity contribution is 5.91. The first kappa shape index (κ1) is 17.2. The molecule has 0 heterocycles. The van der Waals surface area contributed by atoms with E-state index in [0.717, 1.165) is 37.8 Å². The van der Waals surface area contributed by atoms with Crippen LogP contribution in [0, 0.1) is 5.92 Å². The highest BCUT2D eigenvalue weighted by atomic mass is 16.5. The third-order valence-corrected chi connectivity index (χ3v) is 3.40. The van der Waals surface area contributed by atoms with Crippen LogP contribution in [-0.2, 0) is 23.9 Å².